The first kappa shape index (κ1) is 13.8. The van der Waals surface area contributed by atoms with Crippen molar-refractivity contribution in [3.8, 4) is 5.75 Å². The van der Waals surface area contributed by atoms with Crippen molar-refractivity contribution in [3.63, 3.8) is 0 Å². The molecule has 0 saturated heterocycles. The summed E-state index contributed by atoms with van der Waals surface area (Å²) in [5, 5.41) is 3.34. The minimum absolute atomic E-state index is 0.192. The summed E-state index contributed by atoms with van der Waals surface area (Å²) in [4.78, 5) is 11.3. The summed E-state index contributed by atoms with van der Waals surface area (Å²) in [7, 11) is 0. The lowest BCUT2D eigenvalue weighted by Gasteiger charge is -2.12. The van der Waals surface area contributed by atoms with Crippen LogP contribution < -0.4 is 15.8 Å². The molecule has 0 unspecified atom stereocenters. The van der Waals surface area contributed by atoms with E-state index in [2.05, 4.69) is 5.32 Å². The maximum absolute atomic E-state index is 11.3. The number of carbonyl (C=O) groups is 1. The Labute approximate surface area is 106 Å². The number of nitrogens with one attached hydrogen (secondary N) is 1. The van der Waals surface area contributed by atoms with Crippen LogP contribution in [0.15, 0.2) is 18.2 Å². The first-order chi connectivity index (χ1) is 8.04. The smallest absolute Gasteiger partial charge is 0.236 e. The highest BCUT2D eigenvalue weighted by Crippen LogP contribution is 2.23. The zero-order valence-electron chi connectivity index (χ0n) is 10.00. The van der Waals surface area contributed by atoms with Crippen molar-refractivity contribution in [1.82, 2.24) is 5.32 Å². The van der Waals surface area contributed by atoms with Crippen LogP contribution in [0.2, 0.25) is 5.02 Å². The molecule has 3 N–H and O–H groups in total. The molecule has 0 aromatic heterocycles. The van der Waals surface area contributed by atoms with Crippen LogP contribution in [0.5, 0.6) is 5.75 Å². The minimum Gasteiger partial charge on any atom is -0.493 e. The summed E-state index contributed by atoms with van der Waals surface area (Å²) < 4.78 is 5.44. The van der Waals surface area contributed by atoms with Gasteiger partial charge in [0.25, 0.3) is 0 Å². The van der Waals surface area contributed by atoms with E-state index in [1.54, 1.807) is 19.1 Å². The van der Waals surface area contributed by atoms with Crippen LogP contribution in [0.1, 0.15) is 19.4 Å². The standard InChI is InChI=1S/C12H17ClN2O2/c1-3-17-11-6-10(13)5-4-9(11)7-15-12(16)8(2)14/h4-6,8H,3,7,14H2,1-2H3,(H,15,16)/t8-/m1/s1. The third-order valence-corrected chi connectivity index (χ3v) is 2.43. The Morgan fingerprint density at radius 3 is 2.88 bits per heavy atom. The molecule has 1 aromatic carbocycles. The second-order valence-corrected chi connectivity index (χ2v) is 4.13. The van der Waals surface area contributed by atoms with Gasteiger partial charge in [-0.3, -0.25) is 4.79 Å². The van der Waals surface area contributed by atoms with Crippen molar-refractivity contribution >= 4 is 17.5 Å². The van der Waals surface area contributed by atoms with Crippen molar-refractivity contribution in [2.45, 2.75) is 26.4 Å². The molecule has 1 rings (SSSR count). The SMILES string of the molecule is CCOc1cc(Cl)ccc1CNC(=O)[C@@H](C)N. The maximum atomic E-state index is 11.3. The highest BCUT2D eigenvalue weighted by molar-refractivity contribution is 6.30. The number of benzene rings is 1. The first-order valence-electron chi connectivity index (χ1n) is 5.49. The second-order valence-electron chi connectivity index (χ2n) is 3.69. The Morgan fingerprint density at radius 2 is 2.29 bits per heavy atom. The van der Waals surface area contributed by atoms with E-state index in [4.69, 9.17) is 22.1 Å². The zero-order valence-corrected chi connectivity index (χ0v) is 10.8. The van der Waals surface area contributed by atoms with Gasteiger partial charge in [0.15, 0.2) is 0 Å². The molecule has 0 radical (unpaired) electrons. The van der Waals surface area contributed by atoms with Gasteiger partial charge < -0.3 is 15.8 Å². The number of rotatable bonds is 5. The van der Waals surface area contributed by atoms with Crippen LogP contribution in [0, 0.1) is 0 Å². The van der Waals surface area contributed by atoms with Crippen molar-refractivity contribution in [1.29, 1.82) is 0 Å². The molecule has 0 saturated carbocycles. The highest BCUT2D eigenvalue weighted by atomic mass is 35.5. The molecule has 1 atom stereocenters. The van der Waals surface area contributed by atoms with Crippen LogP contribution >= 0.6 is 11.6 Å². The number of amides is 1. The topological polar surface area (TPSA) is 64.3 Å². The number of ether oxygens (including phenoxy) is 1. The van der Waals surface area contributed by atoms with E-state index in [0.29, 0.717) is 23.9 Å². The second kappa shape index (κ2) is 6.47. The van der Waals surface area contributed by atoms with Gasteiger partial charge in [0.2, 0.25) is 5.91 Å². The van der Waals surface area contributed by atoms with Crippen LogP contribution in [-0.4, -0.2) is 18.6 Å². The number of hydrogen-bond acceptors (Lipinski definition) is 3. The first-order valence-corrected chi connectivity index (χ1v) is 5.87. The molecule has 4 nitrogen and oxygen atoms in total. The van der Waals surface area contributed by atoms with E-state index >= 15 is 0 Å². The van der Waals surface area contributed by atoms with E-state index in [9.17, 15) is 4.79 Å². The molecule has 0 aliphatic rings. The molecule has 1 aromatic rings. The van der Waals surface area contributed by atoms with Gasteiger partial charge in [0.05, 0.1) is 12.6 Å². The summed E-state index contributed by atoms with van der Waals surface area (Å²) in [6.07, 6.45) is 0. The predicted octanol–water partition coefficient (Wildman–Crippen LogP) is 1.70. The molecule has 0 heterocycles. The fourth-order valence-electron chi connectivity index (χ4n) is 1.31. The van der Waals surface area contributed by atoms with E-state index in [-0.39, 0.29) is 5.91 Å². The van der Waals surface area contributed by atoms with Gasteiger partial charge in [-0.2, -0.15) is 0 Å². The van der Waals surface area contributed by atoms with Gasteiger partial charge in [0.1, 0.15) is 5.75 Å². The van der Waals surface area contributed by atoms with Crippen molar-refractivity contribution < 1.29 is 9.53 Å². The van der Waals surface area contributed by atoms with Crippen molar-refractivity contribution in [3.05, 3.63) is 28.8 Å². The van der Waals surface area contributed by atoms with Crippen molar-refractivity contribution in [2.75, 3.05) is 6.61 Å². The molecule has 0 spiro atoms. The largest absolute Gasteiger partial charge is 0.493 e. The third kappa shape index (κ3) is 4.24. The van der Waals surface area contributed by atoms with Crippen LogP contribution in [0.3, 0.4) is 0 Å². The summed E-state index contributed by atoms with van der Waals surface area (Å²) in [6.45, 7) is 4.47. The summed E-state index contributed by atoms with van der Waals surface area (Å²) in [5.41, 5.74) is 6.34. The molecule has 0 bridgehead atoms. The number of carbonyl (C=O) groups excluding carboxylic acids is 1. The molecule has 0 fully saturated rings. The lowest BCUT2D eigenvalue weighted by Crippen LogP contribution is -2.37. The zero-order chi connectivity index (χ0) is 12.8. The Hall–Kier alpha value is -1.26. The molecular formula is C12H17ClN2O2. The van der Waals surface area contributed by atoms with Gasteiger partial charge in [-0.25, -0.2) is 0 Å². The molecule has 17 heavy (non-hydrogen) atoms. The third-order valence-electron chi connectivity index (χ3n) is 2.20. The van der Waals surface area contributed by atoms with Crippen molar-refractivity contribution in [2.24, 2.45) is 5.73 Å². The van der Waals surface area contributed by atoms with E-state index in [1.807, 2.05) is 13.0 Å². The Morgan fingerprint density at radius 1 is 1.59 bits per heavy atom. The summed E-state index contributed by atoms with van der Waals surface area (Å²) in [6, 6.07) is 4.81. The molecule has 94 valence electrons. The Kier molecular flexibility index (Phi) is 5.25. The van der Waals surface area contributed by atoms with Crippen LogP contribution in [0.25, 0.3) is 0 Å². The maximum Gasteiger partial charge on any atom is 0.236 e. The quantitative estimate of drug-likeness (QED) is 0.843. The summed E-state index contributed by atoms with van der Waals surface area (Å²) >= 11 is 5.88. The van der Waals surface area contributed by atoms with Gasteiger partial charge in [-0.1, -0.05) is 17.7 Å². The van der Waals surface area contributed by atoms with Gasteiger partial charge in [0, 0.05) is 17.1 Å². The van der Waals surface area contributed by atoms with Gasteiger partial charge >= 0.3 is 0 Å². The molecular weight excluding hydrogens is 240 g/mol. The minimum atomic E-state index is -0.516. The molecule has 1 amide bonds. The molecule has 5 heteroatoms. The molecule has 0 aliphatic heterocycles. The number of nitrogens with two attached hydrogens (primary N) is 1. The Bertz CT molecular complexity index is 394. The lowest BCUT2D eigenvalue weighted by molar-refractivity contribution is -0.122. The number of halogens is 1. The predicted molar refractivity (Wildman–Crippen MR) is 68.1 cm³/mol. The van der Waals surface area contributed by atoms with Crippen LogP contribution in [0.4, 0.5) is 0 Å². The summed E-state index contributed by atoms with van der Waals surface area (Å²) in [5.74, 6) is 0.493. The van der Waals surface area contributed by atoms with Gasteiger partial charge in [-0.15, -0.1) is 0 Å². The fourth-order valence-corrected chi connectivity index (χ4v) is 1.47. The van der Waals surface area contributed by atoms with Gasteiger partial charge in [-0.05, 0) is 26.0 Å². The van der Waals surface area contributed by atoms with E-state index in [0.717, 1.165) is 5.56 Å². The molecule has 0 aliphatic carbocycles. The Balaban J connectivity index is 2.72. The number of hydrogen-bond donors (Lipinski definition) is 2. The average molecular weight is 257 g/mol. The van der Waals surface area contributed by atoms with E-state index < -0.39 is 6.04 Å². The monoisotopic (exact) mass is 256 g/mol. The fraction of sp³-hybridized carbons (Fsp3) is 0.417. The average Bonchev–Trinajstić information content (AvgIpc) is 2.28. The lowest BCUT2D eigenvalue weighted by atomic mass is 10.2. The normalized spacial score (nSPS) is 12.0. The van der Waals surface area contributed by atoms with E-state index in [1.165, 1.54) is 0 Å². The highest BCUT2D eigenvalue weighted by Gasteiger charge is 2.09. The van der Waals surface area contributed by atoms with Crippen LogP contribution in [-0.2, 0) is 11.3 Å².